The lowest BCUT2D eigenvalue weighted by atomic mass is 10.1. The van der Waals surface area contributed by atoms with E-state index in [4.69, 9.17) is 0 Å². The molecular weight excluding hydrogens is 411 g/mol. The molecule has 0 spiro atoms. The van der Waals surface area contributed by atoms with Crippen LogP contribution in [0, 0.1) is 12.7 Å². The van der Waals surface area contributed by atoms with Crippen LogP contribution < -0.4 is 0 Å². The molecule has 2 heterocycles. The van der Waals surface area contributed by atoms with E-state index < -0.39 is 15.7 Å². The smallest absolute Gasteiger partial charge is 0.256 e. The molecule has 0 saturated carbocycles. The number of rotatable bonds is 3. The van der Waals surface area contributed by atoms with E-state index in [9.17, 15) is 17.6 Å². The Morgan fingerprint density at radius 1 is 1.10 bits per heavy atom. The number of hydrogen-bond acceptors (Lipinski definition) is 5. The fourth-order valence-corrected chi connectivity index (χ4v) is 5.91. The molecule has 1 aromatic heterocycles. The van der Waals surface area contributed by atoms with Crippen molar-refractivity contribution in [2.24, 2.45) is 0 Å². The Balaban J connectivity index is 1.97. The van der Waals surface area contributed by atoms with Gasteiger partial charge in [0.05, 0.1) is 20.9 Å². The first-order chi connectivity index (χ1) is 13.9. The maximum atomic E-state index is 13.6. The summed E-state index contributed by atoms with van der Waals surface area (Å²) in [4.78, 5) is 19.1. The van der Waals surface area contributed by atoms with E-state index in [1.165, 1.54) is 18.3 Å². The van der Waals surface area contributed by atoms with E-state index in [2.05, 4.69) is 4.98 Å². The van der Waals surface area contributed by atoms with Gasteiger partial charge < -0.3 is 4.90 Å². The Morgan fingerprint density at radius 3 is 2.48 bits per heavy atom. The Labute approximate surface area is 172 Å². The number of benzene rings is 2. The van der Waals surface area contributed by atoms with Gasteiger partial charge in [-0.15, -0.1) is 0 Å². The lowest BCUT2D eigenvalue weighted by molar-refractivity contribution is 0.0768. The number of halogens is 1. The largest absolute Gasteiger partial charge is 0.337 e. The quantitative estimate of drug-likeness (QED) is 0.593. The number of hydrogen-bond donors (Lipinski definition) is 0. The third kappa shape index (κ3) is 3.74. The van der Waals surface area contributed by atoms with Crippen LogP contribution in [0.1, 0.15) is 15.9 Å². The maximum Gasteiger partial charge on any atom is 0.256 e. The van der Waals surface area contributed by atoms with Crippen LogP contribution in [0.25, 0.3) is 10.9 Å². The van der Waals surface area contributed by atoms with Crippen LogP contribution in [0.4, 0.5) is 4.39 Å². The first-order valence-corrected chi connectivity index (χ1v) is 11.8. The van der Waals surface area contributed by atoms with Crippen molar-refractivity contribution in [3.05, 3.63) is 65.6 Å². The molecule has 29 heavy (non-hydrogen) atoms. The fraction of sp³-hybridized carbons (Fsp3) is 0.238. The second-order valence-corrected chi connectivity index (χ2v) is 9.99. The van der Waals surface area contributed by atoms with Gasteiger partial charge in [0.2, 0.25) is 9.84 Å². The highest BCUT2D eigenvalue weighted by Crippen LogP contribution is 2.32. The number of aryl methyl sites for hydroxylation is 1. The van der Waals surface area contributed by atoms with Crippen LogP contribution in [-0.4, -0.2) is 48.8 Å². The molecule has 1 aliphatic heterocycles. The first kappa shape index (κ1) is 19.8. The number of carbonyl (C=O) groups excluding carboxylic acids is 1. The van der Waals surface area contributed by atoms with Crippen LogP contribution in [0.5, 0.6) is 0 Å². The van der Waals surface area contributed by atoms with E-state index in [0.29, 0.717) is 24.0 Å². The molecule has 3 aromatic rings. The number of thioether (sulfide) groups is 1. The van der Waals surface area contributed by atoms with Crippen molar-refractivity contribution in [1.82, 2.24) is 9.88 Å². The monoisotopic (exact) mass is 430 g/mol. The lowest BCUT2D eigenvalue weighted by Gasteiger charge is -2.27. The third-order valence-electron chi connectivity index (χ3n) is 4.90. The predicted molar refractivity (Wildman–Crippen MR) is 112 cm³/mol. The minimum atomic E-state index is -4.07. The molecule has 4 rings (SSSR count). The van der Waals surface area contributed by atoms with Gasteiger partial charge in [-0.1, -0.05) is 11.6 Å². The summed E-state index contributed by atoms with van der Waals surface area (Å²) < 4.78 is 40.5. The number of carbonyl (C=O) groups is 1. The van der Waals surface area contributed by atoms with E-state index in [1.807, 2.05) is 13.0 Å². The number of sulfone groups is 1. The molecule has 1 saturated heterocycles. The van der Waals surface area contributed by atoms with Crippen molar-refractivity contribution in [1.29, 1.82) is 0 Å². The van der Waals surface area contributed by atoms with Gasteiger partial charge in [0.1, 0.15) is 5.82 Å². The Kier molecular flexibility index (Phi) is 5.31. The molecule has 1 amide bonds. The fourth-order valence-electron chi connectivity index (χ4n) is 3.39. The van der Waals surface area contributed by atoms with E-state index in [1.54, 1.807) is 28.8 Å². The van der Waals surface area contributed by atoms with Crippen LogP contribution in [0.2, 0.25) is 0 Å². The van der Waals surface area contributed by atoms with Crippen LogP contribution in [-0.2, 0) is 9.84 Å². The zero-order valence-electron chi connectivity index (χ0n) is 15.8. The second kappa shape index (κ2) is 7.76. The van der Waals surface area contributed by atoms with Crippen molar-refractivity contribution in [3.63, 3.8) is 0 Å². The summed E-state index contributed by atoms with van der Waals surface area (Å²) in [7, 11) is -4.07. The molecule has 2 aromatic carbocycles. The summed E-state index contributed by atoms with van der Waals surface area (Å²) >= 11 is 1.76. The molecule has 0 unspecified atom stereocenters. The van der Waals surface area contributed by atoms with Crippen molar-refractivity contribution >= 4 is 38.4 Å². The molecule has 8 heteroatoms. The summed E-state index contributed by atoms with van der Waals surface area (Å²) in [5, 5.41) is 0.395. The topological polar surface area (TPSA) is 67.3 Å². The van der Waals surface area contributed by atoms with Gasteiger partial charge in [-0.2, -0.15) is 11.8 Å². The highest BCUT2D eigenvalue weighted by atomic mass is 32.2. The highest BCUT2D eigenvalue weighted by molar-refractivity contribution is 7.99. The molecule has 0 atom stereocenters. The van der Waals surface area contributed by atoms with E-state index >= 15 is 0 Å². The Hall–Kier alpha value is -2.45. The predicted octanol–water partition coefficient (Wildman–Crippen LogP) is 3.70. The Bertz CT molecular complexity index is 1190. The average molecular weight is 431 g/mol. The summed E-state index contributed by atoms with van der Waals surface area (Å²) in [5.74, 6) is 0.751. The first-order valence-electron chi connectivity index (χ1n) is 9.15. The van der Waals surface area contributed by atoms with Crippen LogP contribution in [0.15, 0.2) is 58.5 Å². The summed E-state index contributed by atoms with van der Waals surface area (Å²) in [6.07, 6.45) is 1.35. The number of aromatic nitrogens is 1. The third-order valence-corrected chi connectivity index (χ3v) is 7.71. The average Bonchev–Trinajstić information content (AvgIpc) is 2.73. The normalized spacial score (nSPS) is 14.9. The standard InChI is InChI=1S/C21H19FN2O3S2/c1-14-2-7-19-17(12-14)20(29(26,27)16-5-3-15(22)4-6-16)18(13-23-19)21(25)24-8-10-28-11-9-24/h2-7,12-13H,8-11H2,1H3. The van der Waals surface area contributed by atoms with Crippen molar-refractivity contribution < 1.29 is 17.6 Å². The van der Waals surface area contributed by atoms with Gasteiger partial charge in [-0.25, -0.2) is 12.8 Å². The van der Waals surface area contributed by atoms with Gasteiger partial charge in [-0.05, 0) is 43.3 Å². The summed E-state index contributed by atoms with van der Waals surface area (Å²) in [6.45, 7) is 2.97. The maximum absolute atomic E-state index is 13.6. The zero-order valence-corrected chi connectivity index (χ0v) is 17.4. The molecule has 1 aliphatic rings. The molecule has 150 valence electrons. The minimum Gasteiger partial charge on any atom is -0.337 e. The molecule has 0 aliphatic carbocycles. The molecule has 1 fully saturated rings. The molecule has 0 radical (unpaired) electrons. The van der Waals surface area contributed by atoms with Crippen molar-refractivity contribution in [2.75, 3.05) is 24.6 Å². The molecular formula is C21H19FN2O3S2. The minimum absolute atomic E-state index is 0.0549. The summed E-state index contributed by atoms with van der Waals surface area (Å²) in [6, 6.07) is 9.95. The molecule has 0 bridgehead atoms. The van der Waals surface area contributed by atoms with Gasteiger partial charge in [0.15, 0.2) is 0 Å². The van der Waals surface area contributed by atoms with Gasteiger partial charge >= 0.3 is 0 Å². The van der Waals surface area contributed by atoms with Crippen LogP contribution in [0.3, 0.4) is 0 Å². The van der Waals surface area contributed by atoms with Crippen molar-refractivity contribution in [2.45, 2.75) is 16.7 Å². The number of amides is 1. The van der Waals surface area contributed by atoms with E-state index in [0.717, 1.165) is 29.2 Å². The SMILES string of the molecule is Cc1ccc2ncc(C(=O)N3CCSCC3)c(S(=O)(=O)c3ccc(F)cc3)c2c1. The second-order valence-electron chi connectivity index (χ2n) is 6.88. The van der Waals surface area contributed by atoms with Gasteiger partial charge in [0.25, 0.3) is 5.91 Å². The lowest BCUT2D eigenvalue weighted by Crippen LogP contribution is -2.38. The van der Waals surface area contributed by atoms with Crippen molar-refractivity contribution in [3.8, 4) is 0 Å². The van der Waals surface area contributed by atoms with E-state index in [-0.39, 0.29) is 21.3 Å². The number of nitrogens with zero attached hydrogens (tertiary/aromatic N) is 2. The van der Waals surface area contributed by atoms with Gasteiger partial charge in [0, 0.05) is 36.2 Å². The van der Waals surface area contributed by atoms with Gasteiger partial charge in [-0.3, -0.25) is 9.78 Å². The molecule has 5 nitrogen and oxygen atoms in total. The summed E-state index contributed by atoms with van der Waals surface area (Å²) in [5.41, 5.74) is 1.40. The number of pyridine rings is 1. The Morgan fingerprint density at radius 2 is 1.79 bits per heavy atom. The van der Waals surface area contributed by atoms with Crippen LogP contribution >= 0.6 is 11.8 Å². The molecule has 0 N–H and O–H groups in total. The zero-order chi connectivity index (χ0) is 20.6. The number of fused-ring (bicyclic) bond motifs is 1. The highest BCUT2D eigenvalue weighted by Gasteiger charge is 2.30.